The van der Waals surface area contributed by atoms with Crippen LogP contribution in [0.3, 0.4) is 0 Å². The molecule has 0 bridgehead atoms. The van der Waals surface area contributed by atoms with E-state index in [4.69, 9.17) is 14.7 Å². The fourth-order valence-corrected chi connectivity index (χ4v) is 5.95. The van der Waals surface area contributed by atoms with Crippen LogP contribution in [0.4, 0.5) is 0 Å². The lowest BCUT2D eigenvalue weighted by Crippen LogP contribution is -2.07. The number of pyridine rings is 1. The van der Waals surface area contributed by atoms with E-state index in [1.807, 2.05) is 23.7 Å². The average Bonchev–Trinajstić information content (AvgIpc) is 3.36. The third kappa shape index (κ3) is 2.92. The molecule has 4 heterocycles. The lowest BCUT2D eigenvalue weighted by Gasteiger charge is -2.20. The molecule has 0 amide bonds. The minimum atomic E-state index is 0.822. The highest BCUT2D eigenvalue weighted by Crippen LogP contribution is 2.44. The zero-order valence-electron chi connectivity index (χ0n) is 18.3. The molecule has 6 nitrogen and oxygen atoms in total. The highest BCUT2D eigenvalue weighted by molar-refractivity contribution is 7.25. The van der Waals surface area contributed by atoms with Crippen molar-refractivity contribution in [2.45, 2.75) is 39.5 Å². The molecule has 7 heteroatoms. The molecule has 0 aliphatic heterocycles. The number of aromatic nitrogens is 5. The Balaban J connectivity index is 1.70. The van der Waals surface area contributed by atoms with Gasteiger partial charge in [-0.15, -0.1) is 11.3 Å². The second kappa shape index (κ2) is 7.38. The van der Waals surface area contributed by atoms with E-state index in [9.17, 15) is 0 Å². The molecule has 32 heavy (non-hydrogen) atoms. The fraction of sp³-hybridized carbons (Fsp3) is 0.280. The van der Waals surface area contributed by atoms with Crippen molar-refractivity contribution in [2.75, 3.05) is 7.11 Å². The Bertz CT molecular complexity index is 1480. The van der Waals surface area contributed by atoms with Crippen molar-refractivity contribution in [3.05, 3.63) is 59.3 Å². The van der Waals surface area contributed by atoms with Crippen molar-refractivity contribution in [2.24, 2.45) is 0 Å². The van der Waals surface area contributed by atoms with Gasteiger partial charge in [-0.3, -0.25) is 0 Å². The van der Waals surface area contributed by atoms with Crippen molar-refractivity contribution in [1.82, 2.24) is 24.7 Å². The van der Waals surface area contributed by atoms with Crippen LogP contribution in [-0.2, 0) is 12.8 Å². The standard InChI is InChI=1S/C25H23N5OS/c1-14-12-15(2)30(29-14)24-23-22(26-13-27-24)21-20(16-8-10-17(31-3)11-9-16)18-6-4-5-7-19(18)28-25(21)32-23/h8-13H,4-7H2,1-3H3. The SMILES string of the molecule is COc1ccc(-c2c3c(nc4sc5c(-n6nc(C)cc6C)ncnc5c24)CCCC3)cc1. The van der Waals surface area contributed by atoms with Gasteiger partial charge in [0.25, 0.3) is 0 Å². The summed E-state index contributed by atoms with van der Waals surface area (Å²) in [5.74, 6) is 1.68. The van der Waals surface area contributed by atoms with Crippen LogP contribution in [0.5, 0.6) is 5.75 Å². The monoisotopic (exact) mass is 441 g/mol. The predicted molar refractivity (Wildman–Crippen MR) is 128 cm³/mol. The fourth-order valence-electron chi connectivity index (χ4n) is 4.82. The third-order valence-electron chi connectivity index (χ3n) is 6.25. The summed E-state index contributed by atoms with van der Waals surface area (Å²) in [6.45, 7) is 4.06. The van der Waals surface area contributed by atoms with Crippen LogP contribution in [0.1, 0.15) is 35.5 Å². The van der Waals surface area contributed by atoms with Gasteiger partial charge in [0.05, 0.1) is 18.3 Å². The Morgan fingerprint density at radius 1 is 1.03 bits per heavy atom. The van der Waals surface area contributed by atoms with Crippen molar-refractivity contribution in [3.63, 3.8) is 0 Å². The third-order valence-corrected chi connectivity index (χ3v) is 7.32. The smallest absolute Gasteiger partial charge is 0.174 e. The van der Waals surface area contributed by atoms with Crippen LogP contribution in [0.15, 0.2) is 36.7 Å². The summed E-state index contributed by atoms with van der Waals surface area (Å²) in [5, 5.41) is 5.80. The Morgan fingerprint density at radius 3 is 2.59 bits per heavy atom. The molecule has 1 aromatic carbocycles. The highest BCUT2D eigenvalue weighted by Gasteiger charge is 2.24. The average molecular weight is 442 g/mol. The molecule has 0 saturated carbocycles. The molecule has 0 saturated heterocycles. The molecule has 6 rings (SSSR count). The van der Waals surface area contributed by atoms with E-state index in [0.717, 1.165) is 56.2 Å². The first-order valence-corrected chi connectivity index (χ1v) is 11.7. The van der Waals surface area contributed by atoms with Crippen LogP contribution in [0.25, 0.3) is 37.4 Å². The second-order valence-corrected chi connectivity index (χ2v) is 9.34. The molecule has 1 aliphatic carbocycles. The highest BCUT2D eigenvalue weighted by atomic mass is 32.1. The van der Waals surface area contributed by atoms with Gasteiger partial charge in [0.15, 0.2) is 5.82 Å². The molecular weight excluding hydrogens is 418 g/mol. The molecule has 4 aromatic heterocycles. The molecule has 160 valence electrons. The minimum Gasteiger partial charge on any atom is -0.497 e. The normalized spacial score (nSPS) is 13.6. The van der Waals surface area contributed by atoms with E-state index >= 15 is 0 Å². The van der Waals surface area contributed by atoms with Crippen molar-refractivity contribution < 1.29 is 4.74 Å². The van der Waals surface area contributed by atoms with Crippen LogP contribution < -0.4 is 4.74 Å². The number of fused-ring (bicyclic) bond motifs is 4. The van der Waals surface area contributed by atoms with E-state index in [1.54, 1.807) is 24.8 Å². The first-order valence-electron chi connectivity index (χ1n) is 10.9. The maximum atomic E-state index is 5.40. The van der Waals surface area contributed by atoms with E-state index < -0.39 is 0 Å². The van der Waals surface area contributed by atoms with Crippen molar-refractivity contribution >= 4 is 31.8 Å². The summed E-state index contributed by atoms with van der Waals surface area (Å²) in [5.41, 5.74) is 8.01. The summed E-state index contributed by atoms with van der Waals surface area (Å²) in [4.78, 5) is 15.5. The van der Waals surface area contributed by atoms with Gasteiger partial charge < -0.3 is 4.74 Å². The molecule has 0 radical (unpaired) electrons. The maximum Gasteiger partial charge on any atom is 0.174 e. The molecule has 5 aromatic rings. The molecule has 0 unspecified atom stereocenters. The Labute approximate surface area is 189 Å². The van der Waals surface area contributed by atoms with Gasteiger partial charge in [0.1, 0.15) is 21.6 Å². The zero-order valence-corrected chi connectivity index (χ0v) is 19.2. The lowest BCUT2D eigenvalue weighted by molar-refractivity contribution is 0.415. The summed E-state index contributed by atoms with van der Waals surface area (Å²) in [6, 6.07) is 10.4. The molecular formula is C25H23N5OS. The number of ether oxygens (including phenoxy) is 1. The van der Waals surface area contributed by atoms with Gasteiger partial charge in [-0.2, -0.15) is 5.10 Å². The summed E-state index contributed by atoms with van der Waals surface area (Å²) >= 11 is 1.67. The van der Waals surface area contributed by atoms with E-state index in [-0.39, 0.29) is 0 Å². The Hall–Kier alpha value is -3.32. The number of thiophene rings is 1. The number of hydrogen-bond acceptors (Lipinski definition) is 6. The van der Waals surface area contributed by atoms with Crippen molar-refractivity contribution in [1.29, 1.82) is 0 Å². The number of nitrogens with zero attached hydrogens (tertiary/aromatic N) is 5. The quantitative estimate of drug-likeness (QED) is 0.365. The van der Waals surface area contributed by atoms with Gasteiger partial charge in [0.2, 0.25) is 0 Å². The topological polar surface area (TPSA) is 65.7 Å². The second-order valence-electron chi connectivity index (χ2n) is 8.34. The summed E-state index contributed by atoms with van der Waals surface area (Å²) in [6.07, 6.45) is 6.11. The molecule has 0 N–H and O–H groups in total. The molecule has 0 atom stereocenters. The van der Waals surface area contributed by atoms with E-state index in [1.165, 1.54) is 35.2 Å². The van der Waals surface area contributed by atoms with Gasteiger partial charge >= 0.3 is 0 Å². The first-order chi connectivity index (χ1) is 15.6. The predicted octanol–water partition coefficient (Wildman–Crippen LogP) is 5.60. The Morgan fingerprint density at radius 2 is 1.84 bits per heavy atom. The Kier molecular flexibility index (Phi) is 4.47. The van der Waals surface area contributed by atoms with Crippen LogP contribution >= 0.6 is 11.3 Å². The summed E-state index contributed by atoms with van der Waals surface area (Å²) < 4.78 is 8.34. The van der Waals surface area contributed by atoms with Gasteiger partial charge in [0, 0.05) is 16.8 Å². The van der Waals surface area contributed by atoms with E-state index in [0.29, 0.717) is 0 Å². The molecule has 0 fully saturated rings. The zero-order chi connectivity index (χ0) is 21.8. The molecule has 1 aliphatic rings. The van der Waals surface area contributed by atoms with E-state index in [2.05, 4.69) is 35.2 Å². The lowest BCUT2D eigenvalue weighted by atomic mass is 9.87. The van der Waals surface area contributed by atoms with Crippen molar-refractivity contribution in [3.8, 4) is 22.7 Å². The van der Waals surface area contributed by atoms with Crippen LogP contribution in [0.2, 0.25) is 0 Å². The number of benzene rings is 1. The van der Waals surface area contributed by atoms with Gasteiger partial charge in [-0.25, -0.2) is 19.6 Å². The van der Waals surface area contributed by atoms with Crippen LogP contribution in [-0.4, -0.2) is 31.8 Å². The first kappa shape index (κ1) is 19.4. The minimum absolute atomic E-state index is 0.822. The number of rotatable bonds is 3. The van der Waals surface area contributed by atoms with Gasteiger partial charge in [-0.1, -0.05) is 12.1 Å². The van der Waals surface area contributed by atoms with Gasteiger partial charge in [-0.05, 0) is 74.4 Å². The number of aryl methyl sites for hydroxylation is 3. The number of hydrogen-bond donors (Lipinski definition) is 0. The molecule has 0 spiro atoms. The number of methoxy groups -OCH3 is 1. The maximum absolute atomic E-state index is 5.40. The largest absolute Gasteiger partial charge is 0.497 e. The summed E-state index contributed by atoms with van der Waals surface area (Å²) in [7, 11) is 1.70. The van der Waals surface area contributed by atoms with Crippen LogP contribution in [0, 0.1) is 13.8 Å².